The van der Waals surface area contributed by atoms with Crippen LogP contribution in [0.25, 0.3) is 0 Å². The number of rotatable bonds is 19. The van der Waals surface area contributed by atoms with E-state index in [4.69, 9.17) is 12.3 Å². The monoisotopic (exact) mass is 335 g/mol. The van der Waals surface area contributed by atoms with Gasteiger partial charge in [0.2, 0.25) is 0 Å². The number of aliphatic hydroxyl groups excluding tert-OH is 1. The first-order valence-corrected chi connectivity index (χ1v) is 9.88. The predicted molar refractivity (Wildman–Crippen MR) is 105 cm³/mol. The third-order valence-electron chi connectivity index (χ3n) is 4.47. The standard InChI is InChI=1S/C22H46O/c1-3-5-7-8-9-10-11-12-13-14-15-16-17-18-20-22(21-23)19-6-4-2/h22-23H,3-21H2,1-2H3/i2D3,4D2,6D2,19D2. The van der Waals surface area contributed by atoms with Gasteiger partial charge in [-0.1, -0.05) is 116 Å². The van der Waals surface area contributed by atoms with E-state index in [1.54, 1.807) is 0 Å². The molecule has 0 aromatic heterocycles. The van der Waals surface area contributed by atoms with Crippen molar-refractivity contribution in [1.82, 2.24) is 0 Å². The molecular weight excluding hydrogens is 280 g/mol. The minimum atomic E-state index is -3.37. The van der Waals surface area contributed by atoms with Crippen LogP contribution in [0, 0.1) is 5.92 Å². The highest BCUT2D eigenvalue weighted by atomic mass is 16.3. The van der Waals surface area contributed by atoms with Gasteiger partial charge in [0, 0.05) is 18.9 Å². The Balaban J connectivity index is 4.18. The van der Waals surface area contributed by atoms with Gasteiger partial charge in [0.15, 0.2) is 0 Å². The molecule has 0 saturated heterocycles. The maximum Gasteiger partial charge on any atom is 0.0459 e. The molecule has 1 heteroatoms. The van der Waals surface area contributed by atoms with Gasteiger partial charge in [-0.05, 0) is 18.7 Å². The Bertz CT molecular complexity index is 479. The third kappa shape index (κ3) is 18.1. The average Bonchev–Trinajstić information content (AvgIpc) is 2.69. The topological polar surface area (TPSA) is 20.2 Å². The van der Waals surface area contributed by atoms with E-state index in [0.717, 1.165) is 19.3 Å². The Hall–Kier alpha value is -0.0400. The molecule has 0 fully saturated rings. The summed E-state index contributed by atoms with van der Waals surface area (Å²) >= 11 is 0. The Kier molecular flexibility index (Phi) is 10.0. The van der Waals surface area contributed by atoms with Crippen LogP contribution in [0.1, 0.15) is 142 Å². The zero-order chi connectivity index (χ0) is 24.9. The zero-order valence-corrected chi connectivity index (χ0v) is 15.3. The Morgan fingerprint density at radius 1 is 0.783 bits per heavy atom. The molecule has 1 unspecified atom stereocenters. The average molecular weight is 336 g/mol. The van der Waals surface area contributed by atoms with E-state index in [2.05, 4.69) is 6.92 Å². The predicted octanol–water partition coefficient (Wildman–Crippen LogP) is 7.66. The van der Waals surface area contributed by atoms with Gasteiger partial charge in [-0.2, -0.15) is 0 Å². The Morgan fingerprint density at radius 3 is 1.70 bits per heavy atom. The summed E-state index contributed by atoms with van der Waals surface area (Å²) in [7, 11) is 0. The molecule has 0 amide bonds. The summed E-state index contributed by atoms with van der Waals surface area (Å²) in [6, 6.07) is 0. The normalized spacial score (nSPS) is 20.9. The molecular formula is C22H46O. The van der Waals surface area contributed by atoms with Crippen molar-refractivity contribution < 1.29 is 17.4 Å². The maximum atomic E-state index is 9.63. The van der Waals surface area contributed by atoms with E-state index in [-0.39, 0.29) is 6.42 Å². The molecule has 23 heavy (non-hydrogen) atoms. The number of hydrogen-bond acceptors (Lipinski definition) is 1. The number of hydrogen-bond donors (Lipinski definition) is 1. The molecule has 0 aliphatic carbocycles. The van der Waals surface area contributed by atoms with Gasteiger partial charge >= 0.3 is 0 Å². The summed E-state index contributed by atoms with van der Waals surface area (Å²) in [5.41, 5.74) is 0. The highest BCUT2D eigenvalue weighted by Crippen LogP contribution is 2.18. The summed E-state index contributed by atoms with van der Waals surface area (Å²) in [5, 5.41) is 9.63. The quantitative estimate of drug-likeness (QED) is 0.240. The lowest BCUT2D eigenvalue weighted by molar-refractivity contribution is 0.205. The maximum absolute atomic E-state index is 9.63. The van der Waals surface area contributed by atoms with Crippen molar-refractivity contribution in [3.8, 4) is 0 Å². The zero-order valence-electron chi connectivity index (χ0n) is 24.3. The first-order chi connectivity index (χ1) is 14.8. The summed E-state index contributed by atoms with van der Waals surface area (Å²) in [4.78, 5) is 0. The van der Waals surface area contributed by atoms with Gasteiger partial charge in [0.05, 0.1) is 0 Å². The van der Waals surface area contributed by atoms with E-state index >= 15 is 0 Å². The van der Waals surface area contributed by atoms with Crippen LogP contribution in [0.2, 0.25) is 0 Å². The van der Waals surface area contributed by atoms with E-state index in [9.17, 15) is 5.11 Å². The summed E-state index contributed by atoms with van der Waals surface area (Å²) < 4.78 is 69.4. The SMILES string of the molecule is [2H]C([2H])([2H])C([2H])([2H])C([2H])([2H])C([2H])([2H])C(CO)CCCCCCCCCCCCCCCC. The van der Waals surface area contributed by atoms with Gasteiger partial charge in [0.25, 0.3) is 0 Å². The van der Waals surface area contributed by atoms with Crippen LogP contribution in [0.3, 0.4) is 0 Å². The van der Waals surface area contributed by atoms with Crippen molar-refractivity contribution in [3.05, 3.63) is 0 Å². The van der Waals surface area contributed by atoms with Crippen molar-refractivity contribution in [3.63, 3.8) is 0 Å². The molecule has 0 bridgehead atoms. The molecule has 0 aliphatic rings. The fraction of sp³-hybridized carbons (Fsp3) is 1.00. The number of unbranched alkanes of at least 4 members (excludes halogenated alkanes) is 13. The van der Waals surface area contributed by atoms with Gasteiger partial charge in [-0.25, -0.2) is 0 Å². The molecule has 0 heterocycles. The van der Waals surface area contributed by atoms with Crippen LogP contribution in [-0.4, -0.2) is 11.7 Å². The molecule has 0 aliphatic heterocycles. The summed E-state index contributed by atoms with van der Waals surface area (Å²) in [6.45, 7) is -1.73. The van der Waals surface area contributed by atoms with E-state index in [0.29, 0.717) is 6.42 Å². The molecule has 140 valence electrons. The first-order valence-electron chi connectivity index (χ1n) is 14.4. The highest BCUT2D eigenvalue weighted by Gasteiger charge is 2.06. The third-order valence-corrected chi connectivity index (χ3v) is 4.47. The van der Waals surface area contributed by atoms with Crippen molar-refractivity contribution in [1.29, 1.82) is 0 Å². The van der Waals surface area contributed by atoms with Crippen LogP contribution < -0.4 is 0 Å². The van der Waals surface area contributed by atoms with Crippen LogP contribution in [-0.2, 0) is 0 Å². The Labute approximate surface area is 160 Å². The molecule has 0 saturated carbocycles. The molecule has 0 aromatic carbocycles. The lowest BCUT2D eigenvalue weighted by atomic mass is 9.96. The van der Waals surface area contributed by atoms with Crippen molar-refractivity contribution in [2.45, 2.75) is 129 Å². The van der Waals surface area contributed by atoms with Gasteiger partial charge in [-0.3, -0.25) is 0 Å². The van der Waals surface area contributed by atoms with Crippen LogP contribution >= 0.6 is 0 Å². The molecule has 0 rings (SSSR count). The largest absolute Gasteiger partial charge is 0.396 e. The smallest absolute Gasteiger partial charge is 0.0459 e. The van der Waals surface area contributed by atoms with Gasteiger partial charge in [-0.15, -0.1) is 0 Å². The lowest BCUT2D eigenvalue weighted by Crippen LogP contribution is -2.05. The van der Waals surface area contributed by atoms with E-state index < -0.39 is 38.5 Å². The fourth-order valence-corrected chi connectivity index (χ4v) is 2.93. The van der Waals surface area contributed by atoms with Gasteiger partial charge in [0.1, 0.15) is 0 Å². The molecule has 0 aromatic rings. The Morgan fingerprint density at radius 2 is 1.26 bits per heavy atom. The highest BCUT2D eigenvalue weighted by molar-refractivity contribution is 4.58. The van der Waals surface area contributed by atoms with Gasteiger partial charge < -0.3 is 5.11 Å². The van der Waals surface area contributed by atoms with Crippen molar-refractivity contribution >= 4 is 0 Å². The second-order valence-corrected chi connectivity index (χ2v) is 6.66. The minimum absolute atomic E-state index is 0.193. The summed E-state index contributed by atoms with van der Waals surface area (Å²) in [6.07, 6.45) is 7.19. The second-order valence-electron chi connectivity index (χ2n) is 6.66. The fourth-order valence-electron chi connectivity index (χ4n) is 2.93. The van der Waals surface area contributed by atoms with Crippen molar-refractivity contribution in [2.75, 3.05) is 6.61 Å². The first kappa shape index (κ1) is 11.6. The van der Waals surface area contributed by atoms with Crippen LogP contribution in [0.15, 0.2) is 0 Å². The van der Waals surface area contributed by atoms with Crippen LogP contribution in [0.5, 0.6) is 0 Å². The minimum Gasteiger partial charge on any atom is -0.396 e. The lowest BCUT2D eigenvalue weighted by Gasteiger charge is -2.13. The molecule has 0 spiro atoms. The second kappa shape index (κ2) is 20.0. The molecule has 1 atom stereocenters. The molecule has 0 radical (unpaired) electrons. The molecule has 1 N–H and O–H groups in total. The number of aliphatic hydroxyl groups is 1. The summed E-state index contributed by atoms with van der Waals surface area (Å²) in [5.74, 6) is -1.16. The van der Waals surface area contributed by atoms with Crippen LogP contribution in [0.4, 0.5) is 0 Å². The van der Waals surface area contributed by atoms with E-state index in [1.165, 1.54) is 64.2 Å². The van der Waals surface area contributed by atoms with Crippen molar-refractivity contribution in [2.24, 2.45) is 5.92 Å². The molecule has 1 nitrogen and oxygen atoms in total. The van der Waals surface area contributed by atoms with E-state index in [1.807, 2.05) is 0 Å².